The van der Waals surface area contributed by atoms with Gasteiger partial charge in [0.2, 0.25) is 5.91 Å². The van der Waals surface area contributed by atoms with Gasteiger partial charge in [-0.05, 0) is 42.7 Å². The molecule has 164 valence electrons. The highest BCUT2D eigenvalue weighted by molar-refractivity contribution is 6.23. The molecule has 0 radical (unpaired) electrons. The van der Waals surface area contributed by atoms with E-state index in [2.05, 4.69) is 10.3 Å². The Morgan fingerprint density at radius 3 is 2.42 bits per heavy atom. The van der Waals surface area contributed by atoms with E-state index in [4.69, 9.17) is 0 Å². The Balaban J connectivity index is 1.52. The molecule has 0 saturated heterocycles. The summed E-state index contributed by atoms with van der Waals surface area (Å²) < 4.78 is 0. The molecule has 2 heterocycles. The molecule has 7 nitrogen and oxygen atoms in total. The summed E-state index contributed by atoms with van der Waals surface area (Å²) in [5.74, 6) is -1.66. The number of aromatic nitrogens is 1. The minimum absolute atomic E-state index is 0.0195. The van der Waals surface area contributed by atoms with E-state index in [1.54, 1.807) is 48.7 Å². The second kappa shape index (κ2) is 8.43. The van der Waals surface area contributed by atoms with E-state index in [9.17, 15) is 19.2 Å². The number of ketones is 1. The van der Waals surface area contributed by atoms with E-state index < -0.39 is 23.8 Å². The van der Waals surface area contributed by atoms with Crippen LogP contribution in [0.1, 0.15) is 46.4 Å². The fourth-order valence-electron chi connectivity index (χ4n) is 4.43. The van der Waals surface area contributed by atoms with Gasteiger partial charge in [0, 0.05) is 24.4 Å². The summed E-state index contributed by atoms with van der Waals surface area (Å²) >= 11 is 0. The molecule has 2 aromatic carbocycles. The van der Waals surface area contributed by atoms with Gasteiger partial charge in [-0.15, -0.1) is 0 Å². The summed E-state index contributed by atoms with van der Waals surface area (Å²) in [6.45, 7) is 0. The molecule has 1 aliphatic carbocycles. The molecule has 2 aliphatic rings. The molecule has 0 fully saturated rings. The van der Waals surface area contributed by atoms with Crippen molar-refractivity contribution in [3.8, 4) is 0 Å². The van der Waals surface area contributed by atoms with Gasteiger partial charge in [-0.1, -0.05) is 36.4 Å². The molecular formula is C26H21N3O4. The van der Waals surface area contributed by atoms with Gasteiger partial charge in [0.15, 0.2) is 5.78 Å². The van der Waals surface area contributed by atoms with Crippen molar-refractivity contribution in [1.29, 1.82) is 0 Å². The molecule has 0 spiro atoms. The first kappa shape index (κ1) is 20.8. The number of carbonyl (C=O) groups excluding carboxylic acids is 4. The topological polar surface area (TPSA) is 96.4 Å². The van der Waals surface area contributed by atoms with Crippen LogP contribution in [0.15, 0.2) is 72.4 Å². The maximum Gasteiger partial charge on any atom is 0.262 e. The average Bonchev–Trinajstić information content (AvgIpc) is 3.09. The summed E-state index contributed by atoms with van der Waals surface area (Å²) in [5.41, 5.74) is 2.08. The van der Waals surface area contributed by atoms with E-state index in [1.165, 1.54) is 0 Å². The Hall–Kier alpha value is -4.13. The summed E-state index contributed by atoms with van der Waals surface area (Å²) in [6.07, 6.45) is 5.30. The van der Waals surface area contributed by atoms with Crippen LogP contribution in [0.25, 0.3) is 10.9 Å². The molecule has 7 heteroatoms. The number of carbonyl (C=O) groups is 4. The molecule has 0 bridgehead atoms. The number of Topliss-reactive ketones (excluding diaryl/α,β-unsaturated/α-hetero) is 1. The number of rotatable bonds is 5. The molecule has 1 aliphatic heterocycles. The lowest BCUT2D eigenvalue weighted by Crippen LogP contribution is -2.48. The van der Waals surface area contributed by atoms with Crippen molar-refractivity contribution in [2.24, 2.45) is 0 Å². The lowest BCUT2D eigenvalue weighted by Gasteiger charge is -2.27. The molecule has 1 atom stereocenters. The molecule has 1 N–H and O–H groups in total. The first-order chi connectivity index (χ1) is 16.0. The summed E-state index contributed by atoms with van der Waals surface area (Å²) in [4.78, 5) is 57.7. The lowest BCUT2D eigenvalue weighted by atomic mass is 9.92. The normalized spacial score (nSPS) is 16.5. The summed E-state index contributed by atoms with van der Waals surface area (Å²) in [7, 11) is 0. The summed E-state index contributed by atoms with van der Waals surface area (Å²) in [6, 6.07) is 14.4. The van der Waals surface area contributed by atoms with Gasteiger partial charge in [0.25, 0.3) is 11.8 Å². The lowest BCUT2D eigenvalue weighted by molar-refractivity contribution is -0.120. The number of allylic oxidation sites excluding steroid dienone is 1. The van der Waals surface area contributed by atoms with Crippen LogP contribution < -0.4 is 5.32 Å². The van der Waals surface area contributed by atoms with Crippen molar-refractivity contribution in [1.82, 2.24) is 9.88 Å². The number of imide groups is 1. The monoisotopic (exact) mass is 439 g/mol. The van der Waals surface area contributed by atoms with Crippen molar-refractivity contribution >= 4 is 40.1 Å². The van der Waals surface area contributed by atoms with Crippen LogP contribution in [-0.2, 0) is 9.59 Å². The van der Waals surface area contributed by atoms with Crippen LogP contribution in [0.2, 0.25) is 0 Å². The predicted molar refractivity (Wildman–Crippen MR) is 123 cm³/mol. The number of benzene rings is 2. The van der Waals surface area contributed by atoms with Crippen LogP contribution in [0.5, 0.6) is 0 Å². The minimum Gasteiger partial charge on any atom is -0.322 e. The first-order valence-electron chi connectivity index (χ1n) is 10.9. The predicted octanol–water partition coefficient (Wildman–Crippen LogP) is 3.91. The highest BCUT2D eigenvalue weighted by Gasteiger charge is 2.43. The molecule has 3 amide bonds. The van der Waals surface area contributed by atoms with Gasteiger partial charge in [-0.25, -0.2) is 0 Å². The highest BCUT2D eigenvalue weighted by atomic mass is 16.2. The van der Waals surface area contributed by atoms with Crippen LogP contribution in [0, 0.1) is 0 Å². The number of amides is 3. The van der Waals surface area contributed by atoms with E-state index in [-0.39, 0.29) is 23.3 Å². The molecule has 33 heavy (non-hydrogen) atoms. The van der Waals surface area contributed by atoms with Gasteiger partial charge >= 0.3 is 0 Å². The Kier molecular flexibility index (Phi) is 5.30. The fourth-order valence-corrected chi connectivity index (χ4v) is 4.43. The van der Waals surface area contributed by atoms with E-state index >= 15 is 0 Å². The number of para-hydroxylation sites is 1. The third kappa shape index (κ3) is 3.71. The zero-order chi connectivity index (χ0) is 22.9. The van der Waals surface area contributed by atoms with Gasteiger partial charge in [0.1, 0.15) is 6.04 Å². The fraction of sp³-hybridized carbons (Fsp3) is 0.192. The number of nitrogens with one attached hydrogen (secondary N) is 1. The maximum absolute atomic E-state index is 13.5. The largest absolute Gasteiger partial charge is 0.322 e. The number of nitrogens with zero attached hydrogens (tertiary/aromatic N) is 2. The Morgan fingerprint density at radius 2 is 1.70 bits per heavy atom. The summed E-state index contributed by atoms with van der Waals surface area (Å²) in [5, 5.41) is 3.69. The average molecular weight is 439 g/mol. The van der Waals surface area contributed by atoms with E-state index in [1.807, 2.05) is 18.2 Å². The van der Waals surface area contributed by atoms with Crippen LogP contribution in [-0.4, -0.2) is 39.4 Å². The van der Waals surface area contributed by atoms with Crippen LogP contribution in [0.3, 0.4) is 0 Å². The van der Waals surface area contributed by atoms with Gasteiger partial charge in [-0.3, -0.25) is 29.1 Å². The molecule has 3 aromatic rings. The number of anilines is 1. The Labute approximate surface area is 190 Å². The van der Waals surface area contributed by atoms with Crippen molar-refractivity contribution in [3.05, 3.63) is 83.6 Å². The SMILES string of the molecule is O=C1CCCC=C1C[C@@H](C(=O)Nc1cccc2cccnc12)N1C(=O)c2ccccc2C1=O. The van der Waals surface area contributed by atoms with E-state index in [0.29, 0.717) is 23.2 Å². The van der Waals surface area contributed by atoms with Crippen LogP contribution in [0.4, 0.5) is 5.69 Å². The smallest absolute Gasteiger partial charge is 0.262 e. The number of hydrogen-bond acceptors (Lipinski definition) is 5. The zero-order valence-corrected chi connectivity index (χ0v) is 17.8. The third-order valence-corrected chi connectivity index (χ3v) is 6.10. The van der Waals surface area contributed by atoms with Crippen molar-refractivity contribution in [3.63, 3.8) is 0 Å². The molecular weight excluding hydrogens is 418 g/mol. The van der Waals surface area contributed by atoms with E-state index in [0.717, 1.165) is 23.1 Å². The van der Waals surface area contributed by atoms with Gasteiger partial charge < -0.3 is 5.32 Å². The minimum atomic E-state index is -1.16. The quantitative estimate of drug-likeness (QED) is 0.608. The second-order valence-electron chi connectivity index (χ2n) is 8.16. The van der Waals surface area contributed by atoms with Gasteiger partial charge in [-0.2, -0.15) is 0 Å². The molecule has 0 unspecified atom stereocenters. The van der Waals surface area contributed by atoms with Crippen molar-refractivity contribution in [2.45, 2.75) is 31.7 Å². The number of fused-ring (bicyclic) bond motifs is 2. The molecule has 0 saturated carbocycles. The standard InChI is InChI=1S/C26H21N3O4/c30-22-13-4-1-7-17(22)15-21(29-25(32)18-10-2-3-11-19(18)26(29)33)24(31)28-20-12-5-8-16-9-6-14-27-23(16)20/h2-3,5-12,14,21H,1,4,13,15H2,(H,28,31)/t21-/m0/s1. The molecule has 5 rings (SSSR count). The number of pyridine rings is 1. The highest BCUT2D eigenvalue weighted by Crippen LogP contribution is 2.30. The molecule has 1 aromatic heterocycles. The first-order valence-corrected chi connectivity index (χ1v) is 10.9. The zero-order valence-electron chi connectivity index (χ0n) is 17.8. The second-order valence-corrected chi connectivity index (χ2v) is 8.16. The van der Waals surface area contributed by atoms with Crippen molar-refractivity contribution in [2.75, 3.05) is 5.32 Å². The van der Waals surface area contributed by atoms with Crippen molar-refractivity contribution < 1.29 is 19.2 Å². The maximum atomic E-state index is 13.5. The Morgan fingerprint density at radius 1 is 0.970 bits per heavy atom. The third-order valence-electron chi connectivity index (χ3n) is 6.10. The van der Waals surface area contributed by atoms with Crippen LogP contribution >= 0.6 is 0 Å². The van der Waals surface area contributed by atoms with Gasteiger partial charge in [0.05, 0.1) is 22.3 Å². The Bertz CT molecular complexity index is 1300. The number of hydrogen-bond donors (Lipinski definition) is 1.